The van der Waals surface area contributed by atoms with Gasteiger partial charge in [0.05, 0.1) is 6.61 Å². The Bertz CT molecular complexity index is 300. The molecule has 0 aliphatic carbocycles. The van der Waals surface area contributed by atoms with Crippen LogP contribution in [0.2, 0.25) is 0 Å². The van der Waals surface area contributed by atoms with E-state index in [1.54, 1.807) is 0 Å². The van der Waals surface area contributed by atoms with Crippen molar-refractivity contribution in [2.24, 2.45) is 0 Å². The second kappa shape index (κ2) is 6.57. The number of carbonyl (C=O) groups excluding carboxylic acids is 1. The van der Waals surface area contributed by atoms with Crippen LogP contribution in [0.5, 0.6) is 0 Å². The molecule has 1 aliphatic rings. The molecule has 1 aliphatic heterocycles. The van der Waals surface area contributed by atoms with Gasteiger partial charge in [0.15, 0.2) is 0 Å². The summed E-state index contributed by atoms with van der Waals surface area (Å²) in [4.78, 5) is 16.3. The Labute approximate surface area is 116 Å². The number of rotatable bonds is 4. The molecule has 5 nitrogen and oxygen atoms in total. The van der Waals surface area contributed by atoms with Gasteiger partial charge in [-0.05, 0) is 41.0 Å². The van der Waals surface area contributed by atoms with E-state index in [2.05, 4.69) is 4.90 Å². The maximum Gasteiger partial charge on any atom is 0.410 e. The van der Waals surface area contributed by atoms with E-state index in [9.17, 15) is 4.79 Å². The summed E-state index contributed by atoms with van der Waals surface area (Å²) in [6.07, 6.45) is 0.704. The number of likely N-dealkylation sites (tertiary alicyclic amines) is 1. The largest absolute Gasteiger partial charge is 0.444 e. The summed E-state index contributed by atoms with van der Waals surface area (Å²) in [7, 11) is 0. The number of nitrogens with zero attached hydrogens (tertiary/aromatic N) is 2. The van der Waals surface area contributed by atoms with Gasteiger partial charge in [0.1, 0.15) is 5.60 Å². The van der Waals surface area contributed by atoms with E-state index in [-0.39, 0.29) is 24.8 Å². The van der Waals surface area contributed by atoms with Crippen LogP contribution in [0, 0.1) is 0 Å². The fourth-order valence-electron chi connectivity index (χ4n) is 2.48. The quantitative estimate of drug-likeness (QED) is 0.846. The van der Waals surface area contributed by atoms with Crippen molar-refractivity contribution in [1.82, 2.24) is 9.80 Å². The first-order valence-electron chi connectivity index (χ1n) is 7.09. The molecule has 0 aromatic heterocycles. The molecule has 1 saturated heterocycles. The molecule has 0 saturated carbocycles. The molecule has 0 radical (unpaired) electrons. The summed E-state index contributed by atoms with van der Waals surface area (Å²) in [6.45, 7) is 12.3. The van der Waals surface area contributed by atoms with Crippen molar-refractivity contribution in [3.8, 4) is 0 Å². The minimum Gasteiger partial charge on any atom is -0.444 e. The predicted octanol–water partition coefficient (Wildman–Crippen LogP) is 1.70. The van der Waals surface area contributed by atoms with Gasteiger partial charge in [0.25, 0.3) is 0 Å². The van der Waals surface area contributed by atoms with Crippen molar-refractivity contribution in [3.05, 3.63) is 0 Å². The van der Waals surface area contributed by atoms with Crippen molar-refractivity contribution in [2.45, 2.75) is 58.7 Å². The van der Waals surface area contributed by atoms with Crippen LogP contribution in [0.3, 0.4) is 0 Å². The summed E-state index contributed by atoms with van der Waals surface area (Å²) >= 11 is 0. The van der Waals surface area contributed by atoms with Crippen LogP contribution in [0.4, 0.5) is 4.79 Å². The first-order chi connectivity index (χ1) is 8.74. The van der Waals surface area contributed by atoms with Gasteiger partial charge in [-0.3, -0.25) is 4.90 Å². The SMILES string of the molecule is CC(C)N(C(=O)OC(C)(C)C)[C@H]1CCN(CCO)C1. The molecular weight excluding hydrogens is 244 g/mol. The number of ether oxygens (including phenoxy) is 1. The lowest BCUT2D eigenvalue weighted by Crippen LogP contribution is -2.48. The van der Waals surface area contributed by atoms with Gasteiger partial charge >= 0.3 is 6.09 Å². The zero-order chi connectivity index (χ0) is 14.6. The number of β-amino-alcohol motifs (C(OH)–C–C–N with tert-alkyl or cyclic N) is 1. The molecule has 1 fully saturated rings. The number of carbonyl (C=O) groups is 1. The van der Waals surface area contributed by atoms with Gasteiger partial charge in [0.2, 0.25) is 0 Å². The molecular formula is C14H28N2O3. The van der Waals surface area contributed by atoms with E-state index in [4.69, 9.17) is 9.84 Å². The highest BCUT2D eigenvalue weighted by atomic mass is 16.6. The number of hydrogen-bond donors (Lipinski definition) is 1. The Morgan fingerprint density at radius 1 is 1.47 bits per heavy atom. The summed E-state index contributed by atoms with van der Waals surface area (Å²) in [5, 5.41) is 8.98. The molecule has 0 spiro atoms. The van der Waals surface area contributed by atoms with Crippen molar-refractivity contribution in [3.63, 3.8) is 0 Å². The minimum absolute atomic E-state index is 0.119. The zero-order valence-electron chi connectivity index (χ0n) is 12.8. The van der Waals surface area contributed by atoms with Gasteiger partial charge in [-0.15, -0.1) is 0 Å². The Morgan fingerprint density at radius 3 is 2.58 bits per heavy atom. The highest BCUT2D eigenvalue weighted by molar-refractivity contribution is 5.69. The summed E-state index contributed by atoms with van der Waals surface area (Å²) in [5.74, 6) is 0. The number of amides is 1. The van der Waals surface area contributed by atoms with Crippen LogP contribution >= 0.6 is 0 Å². The Balaban J connectivity index is 2.66. The number of aliphatic hydroxyl groups excluding tert-OH is 1. The van der Waals surface area contributed by atoms with Crippen LogP contribution in [0.15, 0.2) is 0 Å². The van der Waals surface area contributed by atoms with Crippen LogP contribution in [0.25, 0.3) is 0 Å². The molecule has 0 bridgehead atoms. The van der Waals surface area contributed by atoms with E-state index in [0.717, 1.165) is 19.5 Å². The van der Waals surface area contributed by atoms with Gasteiger partial charge in [0, 0.05) is 31.7 Å². The van der Waals surface area contributed by atoms with E-state index in [1.165, 1.54) is 0 Å². The van der Waals surface area contributed by atoms with Crippen LogP contribution in [0.1, 0.15) is 41.0 Å². The molecule has 1 N–H and O–H groups in total. The fourth-order valence-corrected chi connectivity index (χ4v) is 2.48. The number of aliphatic hydroxyl groups is 1. The first kappa shape index (κ1) is 16.2. The van der Waals surface area contributed by atoms with Gasteiger partial charge < -0.3 is 14.7 Å². The maximum atomic E-state index is 12.3. The van der Waals surface area contributed by atoms with Crippen molar-refractivity contribution in [2.75, 3.05) is 26.2 Å². The normalized spacial score (nSPS) is 20.9. The van der Waals surface area contributed by atoms with Gasteiger partial charge in [-0.2, -0.15) is 0 Å². The van der Waals surface area contributed by atoms with Crippen molar-refractivity contribution >= 4 is 6.09 Å². The topological polar surface area (TPSA) is 53.0 Å². The minimum atomic E-state index is -0.465. The van der Waals surface area contributed by atoms with Crippen molar-refractivity contribution < 1.29 is 14.6 Å². The zero-order valence-corrected chi connectivity index (χ0v) is 12.8. The summed E-state index contributed by atoms with van der Waals surface area (Å²) in [5.41, 5.74) is -0.465. The molecule has 1 rings (SSSR count). The first-order valence-corrected chi connectivity index (χ1v) is 7.09. The maximum absolute atomic E-state index is 12.3. The van der Waals surface area contributed by atoms with Crippen molar-refractivity contribution in [1.29, 1.82) is 0 Å². The predicted molar refractivity (Wildman–Crippen MR) is 75.1 cm³/mol. The molecule has 1 amide bonds. The van der Waals surface area contributed by atoms with Crippen LogP contribution in [-0.4, -0.2) is 64.9 Å². The molecule has 5 heteroatoms. The molecule has 1 atom stereocenters. The fraction of sp³-hybridized carbons (Fsp3) is 0.929. The van der Waals surface area contributed by atoms with Gasteiger partial charge in [-0.25, -0.2) is 4.79 Å². The smallest absolute Gasteiger partial charge is 0.410 e. The molecule has 0 unspecified atom stereocenters. The third-order valence-electron chi connectivity index (χ3n) is 3.22. The lowest BCUT2D eigenvalue weighted by atomic mass is 10.2. The average Bonchev–Trinajstić information content (AvgIpc) is 2.63. The highest BCUT2D eigenvalue weighted by Gasteiger charge is 2.34. The average molecular weight is 272 g/mol. The summed E-state index contributed by atoms with van der Waals surface area (Å²) in [6, 6.07) is 0.301. The third kappa shape index (κ3) is 4.99. The van der Waals surface area contributed by atoms with E-state index < -0.39 is 5.60 Å². The molecule has 1 heterocycles. The summed E-state index contributed by atoms with van der Waals surface area (Å²) < 4.78 is 5.49. The third-order valence-corrected chi connectivity index (χ3v) is 3.22. The molecule has 19 heavy (non-hydrogen) atoms. The Morgan fingerprint density at radius 2 is 2.11 bits per heavy atom. The second-order valence-corrected chi connectivity index (χ2v) is 6.45. The second-order valence-electron chi connectivity index (χ2n) is 6.45. The Kier molecular flexibility index (Phi) is 5.62. The molecule has 112 valence electrons. The van der Waals surface area contributed by atoms with E-state index in [0.29, 0.717) is 6.54 Å². The lowest BCUT2D eigenvalue weighted by Gasteiger charge is -2.34. The standard InChI is InChI=1S/C14H28N2O3/c1-11(2)16(13(18)19-14(3,4)5)12-6-7-15(10-12)8-9-17/h11-12,17H,6-10H2,1-5H3/t12-/m0/s1. The molecule has 0 aromatic rings. The van der Waals surface area contributed by atoms with Crippen LogP contribution in [-0.2, 0) is 4.74 Å². The number of hydrogen-bond acceptors (Lipinski definition) is 4. The highest BCUT2D eigenvalue weighted by Crippen LogP contribution is 2.21. The van der Waals surface area contributed by atoms with E-state index >= 15 is 0 Å². The monoisotopic (exact) mass is 272 g/mol. The van der Waals surface area contributed by atoms with Gasteiger partial charge in [-0.1, -0.05) is 0 Å². The molecule has 0 aromatic carbocycles. The lowest BCUT2D eigenvalue weighted by molar-refractivity contribution is 0.00937. The van der Waals surface area contributed by atoms with Crippen LogP contribution < -0.4 is 0 Å². The Hall–Kier alpha value is -0.810. The van der Waals surface area contributed by atoms with E-state index in [1.807, 2.05) is 39.5 Å².